The third kappa shape index (κ3) is 2.32. The molecule has 0 N–H and O–H groups in total. The van der Waals surface area contributed by atoms with Crippen LogP contribution in [0.4, 0.5) is 0 Å². The quantitative estimate of drug-likeness (QED) is 0.565. The van der Waals surface area contributed by atoms with E-state index in [1.54, 1.807) is 12.2 Å². The summed E-state index contributed by atoms with van der Waals surface area (Å²) in [6, 6.07) is 0. The van der Waals surface area contributed by atoms with Gasteiger partial charge in [-0.1, -0.05) is 24.2 Å². The predicted octanol–water partition coefficient (Wildman–Crippen LogP) is 3.61. The molecule has 82 valence electrons. The lowest BCUT2D eigenvalue weighted by molar-refractivity contribution is 0.388. The maximum atomic E-state index is 6.13. The Morgan fingerprint density at radius 2 is 2.13 bits per heavy atom. The average Bonchev–Trinajstić information content (AvgIpc) is 2.60. The van der Waals surface area contributed by atoms with Gasteiger partial charge in [-0.05, 0) is 13.3 Å². The maximum absolute atomic E-state index is 6.13. The van der Waals surface area contributed by atoms with Gasteiger partial charge >= 0.3 is 0 Å². The minimum Gasteiger partial charge on any atom is -0.361 e. The fraction of sp³-hybridized carbons (Fsp3) is 0.417. The van der Waals surface area contributed by atoms with Gasteiger partial charge in [-0.25, -0.2) is 0 Å². The molecule has 0 aliphatic carbocycles. The lowest BCUT2D eigenvalue weighted by Crippen LogP contribution is -2.10. The molecular formula is C12H16ClNO. The summed E-state index contributed by atoms with van der Waals surface area (Å²) >= 11 is 6.13. The molecular weight excluding hydrogens is 210 g/mol. The van der Waals surface area contributed by atoms with E-state index in [0.717, 1.165) is 23.4 Å². The Morgan fingerprint density at radius 3 is 2.60 bits per heavy atom. The maximum Gasteiger partial charge on any atom is 0.137 e. The molecule has 0 radical (unpaired) electrons. The Balaban J connectivity index is 3.11. The van der Waals surface area contributed by atoms with E-state index in [1.807, 2.05) is 6.92 Å². The summed E-state index contributed by atoms with van der Waals surface area (Å²) in [5.74, 6) is 0.823. The number of hydrogen-bond acceptors (Lipinski definition) is 2. The first-order valence-electron chi connectivity index (χ1n) is 4.99. The zero-order valence-corrected chi connectivity index (χ0v) is 9.92. The molecule has 0 fully saturated rings. The van der Waals surface area contributed by atoms with Crippen LogP contribution in [0.15, 0.2) is 29.8 Å². The van der Waals surface area contributed by atoms with E-state index in [9.17, 15) is 0 Å². The van der Waals surface area contributed by atoms with Crippen LogP contribution >= 0.6 is 11.6 Å². The van der Waals surface area contributed by atoms with E-state index in [0.29, 0.717) is 0 Å². The summed E-state index contributed by atoms with van der Waals surface area (Å²) in [4.78, 5) is 0. The van der Waals surface area contributed by atoms with Crippen LogP contribution in [0, 0.1) is 6.92 Å². The minimum absolute atomic E-state index is 0.0310. The largest absolute Gasteiger partial charge is 0.361 e. The van der Waals surface area contributed by atoms with E-state index in [4.69, 9.17) is 16.1 Å². The number of halogens is 1. The van der Waals surface area contributed by atoms with E-state index in [2.05, 4.69) is 25.2 Å². The summed E-state index contributed by atoms with van der Waals surface area (Å²) in [7, 11) is 0. The third-order valence-electron chi connectivity index (χ3n) is 2.51. The molecule has 2 nitrogen and oxygen atoms in total. The molecule has 0 spiro atoms. The van der Waals surface area contributed by atoms with Gasteiger partial charge in [0.25, 0.3) is 0 Å². The average molecular weight is 226 g/mol. The number of aromatic nitrogens is 1. The molecule has 1 aromatic rings. The smallest absolute Gasteiger partial charge is 0.137 e. The van der Waals surface area contributed by atoms with Crippen LogP contribution in [0.5, 0.6) is 0 Å². The Morgan fingerprint density at radius 1 is 1.47 bits per heavy atom. The highest BCUT2D eigenvalue weighted by molar-refractivity contribution is 6.22. The van der Waals surface area contributed by atoms with Gasteiger partial charge in [0.1, 0.15) is 5.76 Å². The van der Waals surface area contributed by atoms with Crippen molar-refractivity contribution in [3.8, 4) is 0 Å². The van der Waals surface area contributed by atoms with Crippen LogP contribution in [0.1, 0.15) is 29.9 Å². The van der Waals surface area contributed by atoms with Crippen molar-refractivity contribution in [3.63, 3.8) is 0 Å². The van der Waals surface area contributed by atoms with Gasteiger partial charge in [0.2, 0.25) is 0 Å². The molecule has 3 heteroatoms. The number of rotatable bonds is 5. The topological polar surface area (TPSA) is 26.0 Å². The molecule has 0 aromatic carbocycles. The molecule has 0 aliphatic heterocycles. The zero-order valence-electron chi connectivity index (χ0n) is 9.16. The van der Waals surface area contributed by atoms with Crippen LogP contribution in [0.2, 0.25) is 0 Å². The van der Waals surface area contributed by atoms with Gasteiger partial charge in [0.05, 0.1) is 11.1 Å². The van der Waals surface area contributed by atoms with Gasteiger partial charge in [0, 0.05) is 11.5 Å². The first kappa shape index (κ1) is 12.1. The van der Waals surface area contributed by atoms with Crippen molar-refractivity contribution >= 4 is 11.6 Å². The lowest BCUT2D eigenvalue weighted by atomic mass is 9.96. The number of hydrogen-bond donors (Lipinski definition) is 0. The Hall–Kier alpha value is -1.02. The molecule has 1 aromatic heterocycles. The van der Waals surface area contributed by atoms with Crippen LogP contribution in [-0.2, 0) is 6.42 Å². The van der Waals surface area contributed by atoms with Crippen molar-refractivity contribution in [1.82, 2.24) is 5.16 Å². The highest BCUT2D eigenvalue weighted by Gasteiger charge is 2.23. The lowest BCUT2D eigenvalue weighted by Gasteiger charge is -2.13. The molecule has 2 atom stereocenters. The number of aryl methyl sites for hydroxylation is 1. The van der Waals surface area contributed by atoms with Crippen molar-refractivity contribution in [2.75, 3.05) is 0 Å². The first-order valence-corrected chi connectivity index (χ1v) is 5.43. The molecule has 0 bridgehead atoms. The second-order valence-electron chi connectivity index (χ2n) is 3.40. The fourth-order valence-corrected chi connectivity index (χ4v) is 1.86. The van der Waals surface area contributed by atoms with Crippen molar-refractivity contribution < 1.29 is 4.52 Å². The monoisotopic (exact) mass is 225 g/mol. The van der Waals surface area contributed by atoms with Crippen molar-refractivity contribution in [1.29, 1.82) is 0 Å². The van der Waals surface area contributed by atoms with E-state index in [-0.39, 0.29) is 11.3 Å². The second kappa shape index (κ2) is 5.17. The van der Waals surface area contributed by atoms with Crippen LogP contribution < -0.4 is 0 Å². The molecule has 0 aliphatic rings. The molecule has 0 saturated heterocycles. The fourth-order valence-electron chi connectivity index (χ4n) is 1.64. The zero-order chi connectivity index (χ0) is 11.4. The van der Waals surface area contributed by atoms with Crippen LogP contribution in [0.3, 0.4) is 0 Å². The first-order chi connectivity index (χ1) is 7.15. The molecule has 1 heterocycles. The normalized spacial score (nSPS) is 14.6. The van der Waals surface area contributed by atoms with Gasteiger partial charge in [-0.2, -0.15) is 0 Å². The Labute approximate surface area is 95.6 Å². The van der Waals surface area contributed by atoms with E-state index in [1.165, 1.54) is 0 Å². The predicted molar refractivity (Wildman–Crippen MR) is 63.4 cm³/mol. The summed E-state index contributed by atoms with van der Waals surface area (Å²) in [6.07, 6.45) is 4.36. The van der Waals surface area contributed by atoms with Crippen molar-refractivity contribution in [3.05, 3.63) is 42.3 Å². The Bertz CT molecular complexity index is 357. The Kier molecular flexibility index (Phi) is 4.15. The SMILES string of the molecule is C=CC(Cl)C(C=C)c1noc(C)c1CC. The molecule has 15 heavy (non-hydrogen) atoms. The van der Waals surface area contributed by atoms with Gasteiger partial charge in [-0.15, -0.1) is 24.8 Å². The van der Waals surface area contributed by atoms with E-state index >= 15 is 0 Å². The summed E-state index contributed by atoms with van der Waals surface area (Å²) in [6.45, 7) is 11.4. The van der Waals surface area contributed by atoms with Crippen LogP contribution in [0.25, 0.3) is 0 Å². The van der Waals surface area contributed by atoms with E-state index < -0.39 is 0 Å². The standard InChI is InChI=1S/C12H16ClNO/c1-5-9-8(4)15-14-12(9)10(6-2)11(13)7-3/h6-7,10-11H,2-3,5H2,1,4H3. The highest BCUT2D eigenvalue weighted by atomic mass is 35.5. The third-order valence-corrected chi connectivity index (χ3v) is 2.96. The molecule has 1 rings (SSSR count). The van der Waals surface area contributed by atoms with Crippen molar-refractivity contribution in [2.24, 2.45) is 0 Å². The minimum atomic E-state index is -0.197. The molecule has 0 amide bonds. The summed E-state index contributed by atoms with van der Waals surface area (Å²) in [5, 5.41) is 3.85. The van der Waals surface area contributed by atoms with Crippen molar-refractivity contribution in [2.45, 2.75) is 31.6 Å². The van der Waals surface area contributed by atoms with Crippen LogP contribution in [-0.4, -0.2) is 10.5 Å². The summed E-state index contributed by atoms with van der Waals surface area (Å²) < 4.78 is 5.17. The van der Waals surface area contributed by atoms with Gasteiger partial charge in [-0.3, -0.25) is 0 Å². The number of nitrogens with zero attached hydrogens (tertiary/aromatic N) is 1. The summed E-state index contributed by atoms with van der Waals surface area (Å²) in [5.41, 5.74) is 2.00. The molecule has 0 saturated carbocycles. The second-order valence-corrected chi connectivity index (χ2v) is 3.90. The molecule has 2 unspecified atom stereocenters. The number of allylic oxidation sites excluding steroid dienone is 2. The van der Waals surface area contributed by atoms with Gasteiger partial charge in [0.15, 0.2) is 0 Å². The van der Waals surface area contributed by atoms with Gasteiger partial charge < -0.3 is 4.52 Å². The highest BCUT2D eigenvalue weighted by Crippen LogP contribution is 2.29. The number of alkyl halides is 1.